The lowest BCUT2D eigenvalue weighted by Gasteiger charge is -2.26. The van der Waals surface area contributed by atoms with Crippen molar-refractivity contribution in [3.8, 4) is 11.1 Å². The summed E-state index contributed by atoms with van der Waals surface area (Å²) in [5, 5.41) is 10.2. The highest BCUT2D eigenvalue weighted by Gasteiger charge is 2.16. The average molecular weight is 578 g/mol. The summed E-state index contributed by atoms with van der Waals surface area (Å²) in [6, 6.07) is 59.9. The maximum absolute atomic E-state index is 2.40. The van der Waals surface area contributed by atoms with Crippen molar-refractivity contribution in [1.29, 1.82) is 0 Å². The lowest BCUT2D eigenvalue weighted by atomic mass is 10.00. The fourth-order valence-corrected chi connectivity index (χ4v) is 7.69. The topological polar surface area (TPSA) is 3.24 Å². The maximum Gasteiger partial charge on any atom is 0.0468 e. The van der Waals surface area contributed by atoms with Gasteiger partial charge in [0.25, 0.3) is 0 Å². The summed E-state index contributed by atoms with van der Waals surface area (Å²) in [6.07, 6.45) is 0. The van der Waals surface area contributed by atoms with E-state index in [1.54, 1.807) is 0 Å². The smallest absolute Gasteiger partial charge is 0.0468 e. The van der Waals surface area contributed by atoms with Crippen molar-refractivity contribution >= 4 is 80.9 Å². The highest BCUT2D eigenvalue weighted by atomic mass is 32.1. The molecule has 0 bridgehead atoms. The molecule has 8 aromatic carbocycles. The highest BCUT2D eigenvalue weighted by Crippen LogP contribution is 2.42. The van der Waals surface area contributed by atoms with Gasteiger partial charge in [-0.25, -0.2) is 0 Å². The van der Waals surface area contributed by atoms with E-state index in [0.717, 1.165) is 17.1 Å². The van der Waals surface area contributed by atoms with Crippen LogP contribution in [-0.4, -0.2) is 0 Å². The lowest BCUT2D eigenvalue weighted by Crippen LogP contribution is -2.09. The molecule has 206 valence electrons. The SMILES string of the molecule is c1ccc2cc(-c3ccc(N(c4ccc5ccc6ccccc6c5c4)c4ccc5sc6ccccc6c5c4)cc3)ccc2c1. The van der Waals surface area contributed by atoms with Gasteiger partial charge >= 0.3 is 0 Å². The molecular formula is C42H27NS. The molecule has 0 saturated heterocycles. The third kappa shape index (κ3) is 4.15. The zero-order valence-corrected chi connectivity index (χ0v) is 24.8. The van der Waals surface area contributed by atoms with Gasteiger partial charge in [-0.15, -0.1) is 11.3 Å². The average Bonchev–Trinajstić information content (AvgIpc) is 3.46. The largest absolute Gasteiger partial charge is 0.310 e. The number of rotatable bonds is 4. The fourth-order valence-electron chi connectivity index (χ4n) is 6.60. The van der Waals surface area contributed by atoms with E-state index < -0.39 is 0 Å². The second kappa shape index (κ2) is 10.1. The van der Waals surface area contributed by atoms with E-state index >= 15 is 0 Å². The van der Waals surface area contributed by atoms with Gasteiger partial charge in [0.15, 0.2) is 0 Å². The number of fused-ring (bicyclic) bond motifs is 7. The number of hydrogen-bond donors (Lipinski definition) is 0. The summed E-state index contributed by atoms with van der Waals surface area (Å²) in [6.45, 7) is 0. The molecule has 0 saturated carbocycles. The van der Waals surface area contributed by atoms with E-state index in [9.17, 15) is 0 Å². The van der Waals surface area contributed by atoms with Crippen LogP contribution in [0.1, 0.15) is 0 Å². The zero-order valence-electron chi connectivity index (χ0n) is 23.9. The third-order valence-electron chi connectivity index (χ3n) is 8.82. The Hall–Kier alpha value is -5.44. The van der Waals surface area contributed by atoms with Crippen LogP contribution < -0.4 is 4.90 Å². The van der Waals surface area contributed by atoms with E-state index in [4.69, 9.17) is 0 Å². The Morgan fingerprint density at radius 2 is 0.864 bits per heavy atom. The van der Waals surface area contributed by atoms with Gasteiger partial charge in [-0.3, -0.25) is 0 Å². The standard InChI is InChI=1S/C42H27NS/c1-2-9-32-25-33(16-13-28(32)7-1)29-17-20-34(21-18-29)43(36-23-24-42-40(27-36)38-11-5-6-12-41(38)44-42)35-22-19-31-15-14-30-8-3-4-10-37(30)39(31)26-35/h1-27H. The summed E-state index contributed by atoms with van der Waals surface area (Å²) in [5.41, 5.74) is 5.87. The molecule has 0 amide bonds. The number of thiophene rings is 1. The fraction of sp³-hybridized carbons (Fsp3) is 0. The molecule has 9 aromatic rings. The molecule has 0 fully saturated rings. The number of benzene rings is 8. The van der Waals surface area contributed by atoms with E-state index in [0.29, 0.717) is 0 Å². The Labute approximate surface area is 259 Å². The summed E-state index contributed by atoms with van der Waals surface area (Å²) < 4.78 is 2.63. The molecule has 1 heterocycles. The van der Waals surface area contributed by atoms with Crippen LogP contribution in [0.2, 0.25) is 0 Å². The van der Waals surface area contributed by atoms with Crippen LogP contribution in [0.3, 0.4) is 0 Å². The summed E-state index contributed by atoms with van der Waals surface area (Å²) in [5.74, 6) is 0. The number of hydrogen-bond acceptors (Lipinski definition) is 2. The van der Waals surface area contributed by atoms with Crippen LogP contribution in [0.15, 0.2) is 164 Å². The van der Waals surface area contributed by atoms with Crippen LogP contribution in [-0.2, 0) is 0 Å². The Kier molecular flexibility index (Phi) is 5.75. The molecule has 2 heteroatoms. The van der Waals surface area contributed by atoms with Crippen LogP contribution >= 0.6 is 11.3 Å². The minimum atomic E-state index is 1.13. The van der Waals surface area contributed by atoms with E-state index in [-0.39, 0.29) is 0 Å². The van der Waals surface area contributed by atoms with Gasteiger partial charge in [-0.05, 0) is 98.0 Å². The molecule has 0 aliphatic carbocycles. The van der Waals surface area contributed by atoms with Gasteiger partial charge in [-0.2, -0.15) is 0 Å². The maximum atomic E-state index is 2.40. The van der Waals surface area contributed by atoms with Crippen molar-refractivity contribution in [2.24, 2.45) is 0 Å². The molecule has 1 aromatic heterocycles. The van der Waals surface area contributed by atoms with Crippen LogP contribution in [0.5, 0.6) is 0 Å². The van der Waals surface area contributed by atoms with Crippen molar-refractivity contribution in [2.45, 2.75) is 0 Å². The molecule has 0 radical (unpaired) electrons. The minimum Gasteiger partial charge on any atom is -0.310 e. The predicted molar refractivity (Wildman–Crippen MR) is 192 cm³/mol. The highest BCUT2D eigenvalue weighted by molar-refractivity contribution is 7.25. The first-order valence-corrected chi connectivity index (χ1v) is 15.8. The molecule has 0 aliphatic heterocycles. The van der Waals surface area contributed by atoms with Crippen LogP contribution in [0.25, 0.3) is 63.6 Å². The van der Waals surface area contributed by atoms with Gasteiger partial charge in [0.1, 0.15) is 0 Å². The summed E-state index contributed by atoms with van der Waals surface area (Å²) in [7, 11) is 0. The first-order valence-electron chi connectivity index (χ1n) is 15.0. The van der Waals surface area contributed by atoms with Crippen molar-refractivity contribution in [1.82, 2.24) is 0 Å². The lowest BCUT2D eigenvalue weighted by molar-refractivity contribution is 1.30. The quantitative estimate of drug-likeness (QED) is 0.188. The zero-order chi connectivity index (χ0) is 29.0. The first-order chi connectivity index (χ1) is 21.8. The van der Waals surface area contributed by atoms with Crippen LogP contribution in [0.4, 0.5) is 17.1 Å². The predicted octanol–water partition coefficient (Wildman–Crippen LogP) is 12.7. The van der Waals surface area contributed by atoms with E-state index in [1.165, 1.54) is 63.6 Å². The van der Waals surface area contributed by atoms with Gasteiger partial charge < -0.3 is 4.90 Å². The molecule has 0 unspecified atom stereocenters. The van der Waals surface area contributed by atoms with Gasteiger partial charge in [-0.1, -0.05) is 109 Å². The molecule has 0 atom stereocenters. The van der Waals surface area contributed by atoms with Gasteiger partial charge in [0.05, 0.1) is 0 Å². The molecular weight excluding hydrogens is 551 g/mol. The Morgan fingerprint density at radius 1 is 0.318 bits per heavy atom. The number of anilines is 3. The minimum absolute atomic E-state index is 1.13. The molecule has 0 spiro atoms. The van der Waals surface area contributed by atoms with Crippen LogP contribution in [0, 0.1) is 0 Å². The normalized spacial score (nSPS) is 11.6. The molecule has 9 rings (SSSR count). The summed E-state index contributed by atoms with van der Waals surface area (Å²) >= 11 is 1.86. The van der Waals surface area contributed by atoms with E-state index in [1.807, 2.05) is 11.3 Å². The van der Waals surface area contributed by atoms with Gasteiger partial charge in [0, 0.05) is 37.2 Å². The monoisotopic (exact) mass is 577 g/mol. The van der Waals surface area contributed by atoms with Crippen molar-refractivity contribution in [3.63, 3.8) is 0 Å². The van der Waals surface area contributed by atoms with Crippen molar-refractivity contribution in [3.05, 3.63) is 164 Å². The van der Waals surface area contributed by atoms with E-state index in [2.05, 4.69) is 169 Å². The third-order valence-corrected chi connectivity index (χ3v) is 9.97. The summed E-state index contributed by atoms with van der Waals surface area (Å²) in [4.78, 5) is 2.40. The van der Waals surface area contributed by atoms with Crippen molar-refractivity contribution < 1.29 is 0 Å². The number of nitrogens with zero attached hydrogens (tertiary/aromatic N) is 1. The molecule has 0 N–H and O–H groups in total. The Balaban J connectivity index is 1.22. The molecule has 44 heavy (non-hydrogen) atoms. The molecule has 1 nitrogen and oxygen atoms in total. The first kappa shape index (κ1) is 25.1. The van der Waals surface area contributed by atoms with Gasteiger partial charge in [0.2, 0.25) is 0 Å². The Morgan fingerprint density at radius 3 is 1.70 bits per heavy atom. The van der Waals surface area contributed by atoms with Crippen molar-refractivity contribution in [2.75, 3.05) is 4.90 Å². The Bertz CT molecular complexity index is 2500. The molecule has 0 aliphatic rings. The second-order valence-corrected chi connectivity index (χ2v) is 12.5. The second-order valence-electron chi connectivity index (χ2n) is 11.4.